The Balaban J connectivity index is 1.38. The van der Waals surface area contributed by atoms with Crippen LogP contribution >= 0.6 is 12.2 Å². The Labute approximate surface area is 192 Å². The molecule has 0 bridgehead atoms. The molecule has 32 heavy (non-hydrogen) atoms. The smallest absolute Gasteiger partial charge is 0.203 e. The van der Waals surface area contributed by atoms with Gasteiger partial charge in [0.25, 0.3) is 0 Å². The van der Waals surface area contributed by atoms with Crippen molar-refractivity contribution in [3.63, 3.8) is 0 Å². The summed E-state index contributed by atoms with van der Waals surface area (Å²) in [6.07, 6.45) is 1.52. The summed E-state index contributed by atoms with van der Waals surface area (Å²) in [4.78, 5) is 5.02. The maximum atomic E-state index is 9.68. The Morgan fingerprint density at radius 2 is 1.72 bits per heavy atom. The van der Waals surface area contributed by atoms with Gasteiger partial charge in [0.1, 0.15) is 17.0 Å². The standard InChI is InChI=1S/C23H26N2O6S/c1-27-18-6-4-15(21(28-2)22(18)29-3)13-24-8-10-25(11-9-24)23(32)20-14-30-17-7-5-16(26)12-19(17)31-20/h4-7,12,14,26H,8-11,13H2,1-3H3. The lowest BCUT2D eigenvalue weighted by Crippen LogP contribution is -2.48. The van der Waals surface area contributed by atoms with Crippen molar-refractivity contribution in [2.24, 2.45) is 0 Å². The molecule has 2 aromatic carbocycles. The average molecular weight is 459 g/mol. The molecular weight excluding hydrogens is 432 g/mol. The lowest BCUT2D eigenvalue weighted by molar-refractivity contribution is 0.172. The molecule has 9 heteroatoms. The molecule has 0 aromatic heterocycles. The minimum absolute atomic E-state index is 0.110. The SMILES string of the molecule is COc1ccc(CN2CCN(C(=S)C3=COc4ccc(O)cc4O3)CC2)c(OC)c1OC. The predicted octanol–water partition coefficient (Wildman–Crippen LogP) is 3.18. The number of phenolic OH excluding ortho intramolecular Hbond substituents is 1. The first-order valence-corrected chi connectivity index (χ1v) is 10.6. The molecule has 0 radical (unpaired) electrons. The summed E-state index contributed by atoms with van der Waals surface area (Å²) in [5, 5.41) is 9.68. The molecule has 2 heterocycles. The zero-order valence-electron chi connectivity index (χ0n) is 18.3. The van der Waals surface area contributed by atoms with Gasteiger partial charge < -0.3 is 33.7 Å². The Bertz CT molecular complexity index is 1030. The fourth-order valence-electron chi connectivity index (χ4n) is 3.82. The van der Waals surface area contributed by atoms with E-state index in [-0.39, 0.29) is 5.75 Å². The molecule has 0 saturated carbocycles. The van der Waals surface area contributed by atoms with Crippen molar-refractivity contribution in [1.82, 2.24) is 9.80 Å². The minimum atomic E-state index is 0.110. The van der Waals surface area contributed by atoms with E-state index in [9.17, 15) is 5.11 Å². The largest absolute Gasteiger partial charge is 0.508 e. The normalized spacial score (nSPS) is 15.7. The van der Waals surface area contributed by atoms with Crippen molar-refractivity contribution in [2.75, 3.05) is 47.5 Å². The molecule has 0 amide bonds. The number of nitrogens with zero attached hydrogens (tertiary/aromatic N) is 2. The van der Waals surface area contributed by atoms with E-state index in [4.69, 9.17) is 35.9 Å². The number of hydrogen-bond donors (Lipinski definition) is 1. The zero-order valence-corrected chi connectivity index (χ0v) is 19.1. The van der Waals surface area contributed by atoms with Crippen molar-refractivity contribution < 1.29 is 28.8 Å². The van der Waals surface area contributed by atoms with Gasteiger partial charge in [0.15, 0.2) is 28.8 Å². The molecule has 1 N–H and O–H groups in total. The molecule has 1 saturated heterocycles. The number of ether oxygens (including phenoxy) is 5. The van der Waals surface area contributed by atoms with Gasteiger partial charge in [-0.25, -0.2) is 0 Å². The van der Waals surface area contributed by atoms with Crippen LogP contribution < -0.4 is 23.7 Å². The Morgan fingerprint density at radius 3 is 2.41 bits per heavy atom. The molecule has 8 nitrogen and oxygen atoms in total. The molecule has 0 aliphatic carbocycles. The molecule has 4 rings (SSSR count). The van der Waals surface area contributed by atoms with Crippen LogP contribution in [0.4, 0.5) is 0 Å². The first-order valence-electron chi connectivity index (χ1n) is 10.2. The van der Waals surface area contributed by atoms with Crippen LogP contribution in [0.1, 0.15) is 5.56 Å². The first-order chi connectivity index (χ1) is 15.5. The molecule has 2 aromatic rings. The maximum absolute atomic E-state index is 9.68. The Hall–Kier alpha value is -3.17. The second-order valence-corrected chi connectivity index (χ2v) is 7.78. The highest BCUT2D eigenvalue weighted by molar-refractivity contribution is 7.80. The van der Waals surface area contributed by atoms with Gasteiger partial charge in [0.2, 0.25) is 5.75 Å². The van der Waals surface area contributed by atoms with Gasteiger partial charge in [0, 0.05) is 44.4 Å². The van der Waals surface area contributed by atoms with Crippen LogP contribution in [0.15, 0.2) is 42.4 Å². The molecule has 0 atom stereocenters. The van der Waals surface area contributed by atoms with E-state index in [1.165, 1.54) is 12.3 Å². The second kappa shape index (κ2) is 9.54. The van der Waals surface area contributed by atoms with Gasteiger partial charge in [-0.05, 0) is 18.2 Å². The molecule has 170 valence electrons. The van der Waals surface area contributed by atoms with Crippen LogP contribution in [-0.4, -0.2) is 67.4 Å². The molecule has 1 fully saturated rings. The average Bonchev–Trinajstić information content (AvgIpc) is 2.83. The minimum Gasteiger partial charge on any atom is -0.508 e. The van der Waals surface area contributed by atoms with Crippen molar-refractivity contribution >= 4 is 17.2 Å². The van der Waals surface area contributed by atoms with Crippen LogP contribution in [0.2, 0.25) is 0 Å². The summed E-state index contributed by atoms with van der Waals surface area (Å²) in [7, 11) is 4.85. The Morgan fingerprint density at radius 1 is 0.969 bits per heavy atom. The second-order valence-electron chi connectivity index (χ2n) is 7.39. The highest BCUT2D eigenvalue weighted by Crippen LogP contribution is 2.40. The fraction of sp³-hybridized carbons (Fsp3) is 0.348. The summed E-state index contributed by atoms with van der Waals surface area (Å²) >= 11 is 5.65. The van der Waals surface area contributed by atoms with Gasteiger partial charge in [0.05, 0.1) is 21.3 Å². The van der Waals surface area contributed by atoms with E-state index in [1.54, 1.807) is 33.5 Å². The van der Waals surface area contributed by atoms with E-state index < -0.39 is 0 Å². The quantitative estimate of drug-likeness (QED) is 0.657. The third kappa shape index (κ3) is 4.39. The van der Waals surface area contributed by atoms with E-state index in [2.05, 4.69) is 9.80 Å². The van der Waals surface area contributed by atoms with Crippen molar-refractivity contribution in [2.45, 2.75) is 6.54 Å². The van der Waals surface area contributed by atoms with Gasteiger partial charge in [-0.2, -0.15) is 0 Å². The number of fused-ring (bicyclic) bond motifs is 1. The monoisotopic (exact) mass is 458 g/mol. The molecule has 2 aliphatic heterocycles. The molecule has 0 spiro atoms. The van der Waals surface area contributed by atoms with Crippen LogP contribution in [0.5, 0.6) is 34.5 Å². The molecule has 2 aliphatic rings. The van der Waals surface area contributed by atoms with E-state index in [0.29, 0.717) is 39.5 Å². The van der Waals surface area contributed by atoms with Gasteiger partial charge in [-0.15, -0.1) is 0 Å². The first kappa shape index (κ1) is 22.0. The van der Waals surface area contributed by atoms with E-state index >= 15 is 0 Å². The predicted molar refractivity (Wildman–Crippen MR) is 123 cm³/mol. The lowest BCUT2D eigenvalue weighted by Gasteiger charge is -2.37. The van der Waals surface area contributed by atoms with E-state index in [0.717, 1.165) is 38.3 Å². The van der Waals surface area contributed by atoms with Crippen LogP contribution in [0, 0.1) is 0 Å². The highest BCUT2D eigenvalue weighted by atomic mass is 32.1. The van der Waals surface area contributed by atoms with Crippen LogP contribution in [-0.2, 0) is 6.54 Å². The molecule has 0 unspecified atom stereocenters. The number of rotatable bonds is 6. The summed E-state index contributed by atoms with van der Waals surface area (Å²) in [6.45, 7) is 3.87. The topological polar surface area (TPSA) is 72.9 Å². The number of aromatic hydroxyl groups is 1. The fourth-order valence-corrected chi connectivity index (χ4v) is 4.09. The number of thiocarbonyl (C=S) groups is 1. The van der Waals surface area contributed by atoms with Gasteiger partial charge in [-0.3, -0.25) is 4.90 Å². The third-order valence-corrected chi connectivity index (χ3v) is 5.95. The lowest BCUT2D eigenvalue weighted by atomic mass is 10.1. The number of benzene rings is 2. The van der Waals surface area contributed by atoms with E-state index in [1.807, 2.05) is 12.1 Å². The number of phenols is 1. The van der Waals surface area contributed by atoms with Crippen LogP contribution in [0.25, 0.3) is 0 Å². The maximum Gasteiger partial charge on any atom is 0.203 e. The number of methoxy groups -OCH3 is 3. The number of hydrogen-bond acceptors (Lipinski definition) is 8. The third-order valence-electron chi connectivity index (χ3n) is 5.49. The number of piperazine rings is 1. The summed E-state index contributed by atoms with van der Waals surface area (Å²) in [5.41, 5.74) is 1.03. The van der Waals surface area contributed by atoms with Crippen molar-refractivity contribution in [1.29, 1.82) is 0 Å². The zero-order chi connectivity index (χ0) is 22.7. The Kier molecular flexibility index (Phi) is 6.57. The summed E-state index contributed by atoms with van der Waals surface area (Å²) < 4.78 is 27.9. The van der Waals surface area contributed by atoms with Crippen molar-refractivity contribution in [3.8, 4) is 34.5 Å². The highest BCUT2D eigenvalue weighted by Gasteiger charge is 2.26. The van der Waals surface area contributed by atoms with Crippen LogP contribution in [0.3, 0.4) is 0 Å². The molecular formula is C23H26N2O6S. The van der Waals surface area contributed by atoms with Gasteiger partial charge >= 0.3 is 0 Å². The van der Waals surface area contributed by atoms with Gasteiger partial charge in [-0.1, -0.05) is 18.3 Å². The van der Waals surface area contributed by atoms with Crippen molar-refractivity contribution in [3.05, 3.63) is 47.9 Å². The summed E-state index contributed by atoms with van der Waals surface area (Å²) in [6, 6.07) is 8.61. The summed E-state index contributed by atoms with van der Waals surface area (Å²) in [5.74, 6) is 3.49.